The number of ether oxygens (including phenoxy) is 1. The quantitative estimate of drug-likeness (QED) is 0.754. The second kappa shape index (κ2) is 7.00. The van der Waals surface area contributed by atoms with E-state index in [1.54, 1.807) is 27.7 Å². The molecule has 1 aromatic carbocycles. The van der Waals surface area contributed by atoms with E-state index in [0.717, 1.165) is 10.4 Å². The van der Waals surface area contributed by atoms with Crippen molar-refractivity contribution in [1.82, 2.24) is 4.31 Å². The van der Waals surface area contributed by atoms with Crippen LogP contribution in [0.15, 0.2) is 23.1 Å². The molecule has 5 nitrogen and oxygen atoms in total. The Morgan fingerprint density at radius 1 is 1.38 bits per heavy atom. The molecule has 1 aromatic rings. The van der Waals surface area contributed by atoms with Crippen LogP contribution in [0.4, 0.5) is 4.39 Å². The number of carbonyl (C=O) groups excluding carboxylic acids is 1. The third-order valence-electron chi connectivity index (χ3n) is 2.84. The van der Waals surface area contributed by atoms with E-state index in [1.165, 1.54) is 12.1 Å². The van der Waals surface area contributed by atoms with Crippen LogP contribution >= 0.6 is 0 Å². The van der Waals surface area contributed by atoms with Crippen LogP contribution in [0, 0.1) is 12.7 Å². The van der Waals surface area contributed by atoms with E-state index < -0.39 is 39.3 Å². The molecule has 0 heterocycles. The number of benzene rings is 1. The van der Waals surface area contributed by atoms with E-state index in [9.17, 15) is 17.6 Å². The minimum absolute atomic E-state index is 0.156. The first-order chi connectivity index (χ1) is 9.70. The van der Waals surface area contributed by atoms with Crippen molar-refractivity contribution in [2.75, 3.05) is 13.2 Å². The van der Waals surface area contributed by atoms with Crippen molar-refractivity contribution in [2.24, 2.45) is 0 Å². The molecule has 0 saturated heterocycles. The van der Waals surface area contributed by atoms with Crippen LogP contribution in [0.3, 0.4) is 0 Å². The zero-order valence-corrected chi connectivity index (χ0v) is 13.4. The Hall–Kier alpha value is -1.47. The molecule has 0 radical (unpaired) electrons. The van der Waals surface area contributed by atoms with Crippen LogP contribution in [0.2, 0.25) is 0 Å². The van der Waals surface area contributed by atoms with Gasteiger partial charge in [-0.3, -0.25) is 4.79 Å². The molecule has 0 amide bonds. The molecule has 0 aromatic heterocycles. The van der Waals surface area contributed by atoms with E-state index in [2.05, 4.69) is 0 Å². The standard InChI is InChI=1S/C14H20FNO4S/c1-5-20-14(17)9-16(10(2)3)21(18,19)13-8-11(4)6-7-12(13)15/h6-8,10H,5,9H2,1-4H3. The molecule has 0 aliphatic heterocycles. The molecule has 0 spiro atoms. The summed E-state index contributed by atoms with van der Waals surface area (Å²) in [5, 5.41) is 0. The summed E-state index contributed by atoms with van der Waals surface area (Å²) in [5.74, 6) is -1.50. The zero-order valence-electron chi connectivity index (χ0n) is 12.6. The molecule has 0 unspecified atom stereocenters. The molecule has 0 atom stereocenters. The third kappa shape index (κ3) is 4.25. The molecule has 0 fully saturated rings. The zero-order chi connectivity index (χ0) is 16.2. The van der Waals surface area contributed by atoms with E-state index in [-0.39, 0.29) is 6.61 Å². The van der Waals surface area contributed by atoms with Crippen LogP contribution in [0.25, 0.3) is 0 Å². The highest BCUT2D eigenvalue weighted by Gasteiger charge is 2.31. The Labute approximate surface area is 124 Å². The van der Waals surface area contributed by atoms with Gasteiger partial charge in [0, 0.05) is 6.04 Å². The summed E-state index contributed by atoms with van der Waals surface area (Å²) in [6, 6.07) is 3.34. The number of halogens is 1. The maximum absolute atomic E-state index is 13.9. The summed E-state index contributed by atoms with van der Waals surface area (Å²) < 4.78 is 44.7. The number of carbonyl (C=O) groups is 1. The van der Waals surface area contributed by atoms with Crippen LogP contribution in [-0.2, 0) is 19.6 Å². The average Bonchev–Trinajstić information content (AvgIpc) is 2.38. The van der Waals surface area contributed by atoms with Crippen molar-refractivity contribution in [3.05, 3.63) is 29.6 Å². The van der Waals surface area contributed by atoms with Crippen molar-refractivity contribution in [2.45, 2.75) is 38.6 Å². The molecule has 0 bridgehead atoms. The largest absolute Gasteiger partial charge is 0.465 e. The second-order valence-electron chi connectivity index (χ2n) is 4.88. The van der Waals surface area contributed by atoms with Crippen molar-refractivity contribution >= 4 is 16.0 Å². The topological polar surface area (TPSA) is 63.7 Å². The lowest BCUT2D eigenvalue weighted by molar-refractivity contribution is -0.143. The summed E-state index contributed by atoms with van der Waals surface area (Å²) in [4.78, 5) is 11.1. The Bertz CT molecular complexity index is 613. The summed E-state index contributed by atoms with van der Waals surface area (Å²) >= 11 is 0. The number of hydrogen-bond donors (Lipinski definition) is 0. The van der Waals surface area contributed by atoms with E-state index >= 15 is 0 Å². The smallest absolute Gasteiger partial charge is 0.321 e. The van der Waals surface area contributed by atoms with E-state index in [0.29, 0.717) is 5.56 Å². The predicted molar refractivity (Wildman–Crippen MR) is 76.8 cm³/mol. The predicted octanol–water partition coefficient (Wildman–Crippen LogP) is 2.10. The first-order valence-electron chi connectivity index (χ1n) is 6.63. The molecule has 0 N–H and O–H groups in total. The molecule has 0 aliphatic carbocycles. The fourth-order valence-electron chi connectivity index (χ4n) is 1.81. The van der Waals surface area contributed by atoms with Crippen molar-refractivity contribution in [3.63, 3.8) is 0 Å². The molecule has 0 aliphatic rings. The number of esters is 1. The first-order valence-corrected chi connectivity index (χ1v) is 8.07. The van der Waals surface area contributed by atoms with E-state index in [4.69, 9.17) is 4.74 Å². The summed E-state index contributed by atoms with van der Waals surface area (Å²) in [6.07, 6.45) is 0. The lowest BCUT2D eigenvalue weighted by Gasteiger charge is -2.25. The van der Waals surface area contributed by atoms with Gasteiger partial charge >= 0.3 is 5.97 Å². The van der Waals surface area contributed by atoms with Crippen molar-refractivity contribution < 1.29 is 22.3 Å². The number of rotatable bonds is 6. The average molecular weight is 317 g/mol. The highest BCUT2D eigenvalue weighted by molar-refractivity contribution is 7.89. The van der Waals surface area contributed by atoms with Gasteiger partial charge in [0.05, 0.1) is 6.61 Å². The Morgan fingerprint density at radius 3 is 2.52 bits per heavy atom. The Morgan fingerprint density at radius 2 is 2.00 bits per heavy atom. The Kier molecular flexibility index (Phi) is 5.86. The maximum atomic E-state index is 13.9. The maximum Gasteiger partial charge on any atom is 0.321 e. The summed E-state index contributed by atoms with van der Waals surface area (Å²) in [7, 11) is -4.11. The normalized spacial score (nSPS) is 12.0. The molecule has 7 heteroatoms. The second-order valence-corrected chi connectivity index (χ2v) is 6.74. The van der Waals surface area contributed by atoms with Crippen LogP contribution in [0.5, 0.6) is 0 Å². The van der Waals surface area contributed by atoms with Crippen molar-refractivity contribution in [1.29, 1.82) is 0 Å². The van der Waals surface area contributed by atoms with Gasteiger partial charge in [-0.15, -0.1) is 0 Å². The van der Waals surface area contributed by atoms with Gasteiger partial charge in [0.15, 0.2) is 0 Å². The minimum atomic E-state index is -4.11. The number of sulfonamides is 1. The number of hydrogen-bond acceptors (Lipinski definition) is 4. The van der Waals surface area contributed by atoms with Gasteiger partial charge < -0.3 is 4.74 Å². The van der Waals surface area contributed by atoms with Crippen LogP contribution < -0.4 is 0 Å². The number of aryl methyl sites for hydroxylation is 1. The van der Waals surface area contributed by atoms with Gasteiger partial charge in [0.2, 0.25) is 10.0 Å². The van der Waals surface area contributed by atoms with Crippen LogP contribution in [0.1, 0.15) is 26.3 Å². The first kappa shape index (κ1) is 17.6. The van der Waals surface area contributed by atoms with Crippen LogP contribution in [-0.4, -0.2) is 37.9 Å². The fraction of sp³-hybridized carbons (Fsp3) is 0.500. The fourth-order valence-corrected chi connectivity index (χ4v) is 3.55. The van der Waals surface area contributed by atoms with Crippen molar-refractivity contribution in [3.8, 4) is 0 Å². The summed E-state index contributed by atoms with van der Waals surface area (Å²) in [6.45, 7) is 6.25. The molecule has 1 rings (SSSR count). The summed E-state index contributed by atoms with van der Waals surface area (Å²) in [5.41, 5.74) is 0.620. The molecule has 0 saturated carbocycles. The highest BCUT2D eigenvalue weighted by atomic mass is 32.2. The van der Waals surface area contributed by atoms with Gasteiger partial charge in [-0.25, -0.2) is 12.8 Å². The van der Waals surface area contributed by atoms with Gasteiger partial charge in [0.25, 0.3) is 0 Å². The van der Waals surface area contributed by atoms with Gasteiger partial charge in [-0.1, -0.05) is 6.07 Å². The molecular formula is C14H20FNO4S. The van der Waals surface area contributed by atoms with Gasteiger partial charge in [-0.2, -0.15) is 4.31 Å². The molecule has 21 heavy (non-hydrogen) atoms. The Balaban J connectivity index is 3.22. The molecule has 118 valence electrons. The lowest BCUT2D eigenvalue weighted by atomic mass is 10.2. The minimum Gasteiger partial charge on any atom is -0.465 e. The highest BCUT2D eigenvalue weighted by Crippen LogP contribution is 2.22. The number of nitrogens with zero attached hydrogens (tertiary/aromatic N) is 1. The van der Waals surface area contributed by atoms with E-state index in [1.807, 2.05) is 0 Å². The SMILES string of the molecule is CCOC(=O)CN(C(C)C)S(=O)(=O)c1cc(C)ccc1F. The molecular weight excluding hydrogens is 297 g/mol. The lowest BCUT2D eigenvalue weighted by Crippen LogP contribution is -2.41. The third-order valence-corrected chi connectivity index (χ3v) is 4.88. The monoisotopic (exact) mass is 317 g/mol. The van der Waals surface area contributed by atoms with Gasteiger partial charge in [-0.05, 0) is 45.4 Å². The van der Waals surface area contributed by atoms with Gasteiger partial charge in [0.1, 0.15) is 17.3 Å².